The van der Waals surface area contributed by atoms with E-state index in [0.717, 1.165) is 22.1 Å². The molecule has 9 nitrogen and oxygen atoms in total. The summed E-state index contributed by atoms with van der Waals surface area (Å²) in [6.07, 6.45) is 0.990. The molecule has 178 valence electrons. The topological polar surface area (TPSA) is 92.9 Å². The summed E-state index contributed by atoms with van der Waals surface area (Å²) in [6, 6.07) is 8.20. The van der Waals surface area contributed by atoms with Crippen LogP contribution in [0.3, 0.4) is 0 Å². The zero-order valence-corrected chi connectivity index (χ0v) is 18.2. The van der Waals surface area contributed by atoms with Crippen LogP contribution in [-0.2, 0) is 17.4 Å². The van der Waals surface area contributed by atoms with E-state index in [1.165, 1.54) is 6.07 Å². The first-order chi connectivity index (χ1) is 16.7. The first-order valence-corrected chi connectivity index (χ1v) is 10.5. The summed E-state index contributed by atoms with van der Waals surface area (Å²) in [6.45, 7) is 1.48. The number of pyridine rings is 1. The van der Waals surface area contributed by atoms with Crippen LogP contribution in [-0.4, -0.2) is 38.1 Å². The molecule has 3 aromatic heterocycles. The lowest BCUT2D eigenvalue weighted by Crippen LogP contribution is -2.33. The van der Waals surface area contributed by atoms with Crippen LogP contribution >= 0.6 is 0 Å². The number of alkyl halides is 3. The fraction of sp³-hybridized carbons (Fsp3) is 0.174. The van der Waals surface area contributed by atoms with Gasteiger partial charge in [0.05, 0.1) is 29.3 Å². The van der Waals surface area contributed by atoms with Crippen LogP contribution in [0.5, 0.6) is 11.6 Å². The van der Waals surface area contributed by atoms with Gasteiger partial charge in [0.15, 0.2) is 5.65 Å². The first-order valence-electron chi connectivity index (χ1n) is 10.5. The van der Waals surface area contributed by atoms with E-state index in [1.54, 1.807) is 41.2 Å². The van der Waals surface area contributed by atoms with Crippen molar-refractivity contribution in [3.05, 3.63) is 72.3 Å². The Balaban J connectivity index is 1.41. The Labute approximate surface area is 196 Å². The molecule has 0 saturated carbocycles. The summed E-state index contributed by atoms with van der Waals surface area (Å²) >= 11 is 0. The van der Waals surface area contributed by atoms with Crippen molar-refractivity contribution in [2.75, 3.05) is 16.3 Å². The van der Waals surface area contributed by atoms with Crippen LogP contribution in [0.15, 0.2) is 61.2 Å². The fourth-order valence-electron chi connectivity index (χ4n) is 3.73. The lowest BCUT2D eigenvalue weighted by molar-refractivity contribution is -0.137. The third-order valence-electron chi connectivity index (χ3n) is 5.46. The van der Waals surface area contributed by atoms with Crippen molar-refractivity contribution in [3.8, 4) is 11.6 Å². The molecule has 0 aliphatic carbocycles. The maximum atomic E-state index is 13.1. The van der Waals surface area contributed by atoms with E-state index in [9.17, 15) is 22.8 Å². The number of benzene rings is 1. The van der Waals surface area contributed by atoms with Crippen molar-refractivity contribution in [1.82, 2.24) is 19.6 Å². The lowest BCUT2D eigenvalue weighted by Gasteiger charge is -2.19. The molecule has 1 fully saturated rings. The van der Waals surface area contributed by atoms with Crippen LogP contribution in [0.4, 0.5) is 29.3 Å². The normalized spacial score (nSPS) is 14.3. The Bertz CT molecular complexity index is 1450. The predicted molar refractivity (Wildman–Crippen MR) is 118 cm³/mol. The number of fused-ring (bicyclic) bond motifs is 1. The van der Waals surface area contributed by atoms with Gasteiger partial charge in [-0.15, -0.1) is 0 Å². The molecule has 4 heterocycles. The van der Waals surface area contributed by atoms with Crippen LogP contribution in [0, 0.1) is 0 Å². The van der Waals surface area contributed by atoms with E-state index in [0.29, 0.717) is 35.5 Å². The third-order valence-corrected chi connectivity index (χ3v) is 5.46. The molecule has 1 aliphatic rings. The van der Waals surface area contributed by atoms with E-state index < -0.39 is 30.2 Å². The minimum atomic E-state index is -4.63. The molecule has 1 aliphatic heterocycles. The van der Waals surface area contributed by atoms with Crippen molar-refractivity contribution in [2.24, 2.45) is 0 Å². The van der Waals surface area contributed by atoms with Gasteiger partial charge in [-0.1, -0.05) is 6.92 Å². The standard InChI is InChI=1S/C23H17F3N6O3/c1-2-14-9-16(3-4-18(14)35-20-6-8-31-19(29-20)5-7-28-31)32-21(33)13-30(22(32)34)17-10-15(11-27-12-17)23(24,25)26/h3-12H,2,13H2,1H3. The SMILES string of the molecule is CCc1cc(N2C(=O)CN(c3cncc(C(F)(F)F)c3)C2=O)ccc1Oc1ccn2nccc2n1. The summed E-state index contributed by atoms with van der Waals surface area (Å²) in [7, 11) is 0. The Morgan fingerprint density at radius 3 is 2.66 bits per heavy atom. The van der Waals surface area contributed by atoms with E-state index in [2.05, 4.69) is 15.1 Å². The highest BCUT2D eigenvalue weighted by molar-refractivity contribution is 6.26. The van der Waals surface area contributed by atoms with Crippen molar-refractivity contribution in [1.29, 1.82) is 0 Å². The summed E-state index contributed by atoms with van der Waals surface area (Å²) in [5.41, 5.74) is 0.474. The Morgan fingerprint density at radius 2 is 1.89 bits per heavy atom. The quantitative estimate of drug-likeness (QED) is 0.390. The van der Waals surface area contributed by atoms with E-state index in [-0.39, 0.29) is 11.4 Å². The number of nitrogens with zero attached hydrogens (tertiary/aromatic N) is 6. The number of imide groups is 1. The number of halogens is 3. The molecule has 0 bridgehead atoms. The smallest absolute Gasteiger partial charge is 0.417 e. The second-order valence-corrected chi connectivity index (χ2v) is 7.67. The number of aryl methyl sites for hydroxylation is 1. The maximum absolute atomic E-state index is 13.1. The van der Waals surface area contributed by atoms with Gasteiger partial charge < -0.3 is 4.74 Å². The van der Waals surface area contributed by atoms with Crippen molar-refractivity contribution in [2.45, 2.75) is 19.5 Å². The molecular formula is C23H17F3N6O3. The van der Waals surface area contributed by atoms with Gasteiger partial charge in [-0.3, -0.25) is 14.7 Å². The van der Waals surface area contributed by atoms with E-state index in [4.69, 9.17) is 4.74 Å². The highest BCUT2D eigenvalue weighted by Crippen LogP contribution is 2.34. The summed E-state index contributed by atoms with van der Waals surface area (Å²) in [4.78, 5) is 35.6. The van der Waals surface area contributed by atoms with Crippen LogP contribution in [0.25, 0.3) is 5.65 Å². The number of aromatic nitrogens is 4. The molecular weight excluding hydrogens is 465 g/mol. The van der Waals surface area contributed by atoms with Gasteiger partial charge in [-0.25, -0.2) is 14.2 Å². The maximum Gasteiger partial charge on any atom is 0.417 e. The number of urea groups is 1. The lowest BCUT2D eigenvalue weighted by atomic mass is 10.1. The van der Waals surface area contributed by atoms with Crippen molar-refractivity contribution in [3.63, 3.8) is 0 Å². The number of anilines is 2. The van der Waals surface area contributed by atoms with Gasteiger partial charge >= 0.3 is 12.2 Å². The van der Waals surface area contributed by atoms with Crippen molar-refractivity contribution < 1.29 is 27.5 Å². The number of hydrogen-bond acceptors (Lipinski definition) is 6. The summed E-state index contributed by atoms with van der Waals surface area (Å²) < 4.78 is 46.7. The summed E-state index contributed by atoms with van der Waals surface area (Å²) in [5, 5.41) is 4.08. The summed E-state index contributed by atoms with van der Waals surface area (Å²) in [5.74, 6) is 0.263. The molecule has 1 aromatic carbocycles. The number of hydrogen-bond donors (Lipinski definition) is 0. The highest BCUT2D eigenvalue weighted by Gasteiger charge is 2.39. The monoisotopic (exact) mass is 482 g/mol. The van der Waals surface area contributed by atoms with Gasteiger partial charge in [0.1, 0.15) is 12.3 Å². The zero-order chi connectivity index (χ0) is 24.7. The number of amides is 3. The van der Waals surface area contributed by atoms with Gasteiger partial charge in [-0.2, -0.15) is 23.3 Å². The van der Waals surface area contributed by atoms with E-state index in [1.807, 2.05) is 6.92 Å². The molecule has 0 unspecified atom stereocenters. The zero-order valence-electron chi connectivity index (χ0n) is 18.2. The Morgan fingerprint density at radius 1 is 1.06 bits per heavy atom. The number of carbonyl (C=O) groups is 2. The number of carbonyl (C=O) groups excluding carboxylic acids is 2. The third kappa shape index (κ3) is 4.14. The predicted octanol–water partition coefficient (Wildman–Crippen LogP) is 4.47. The molecule has 3 amide bonds. The van der Waals surface area contributed by atoms with Gasteiger partial charge in [0, 0.05) is 24.5 Å². The highest BCUT2D eigenvalue weighted by atomic mass is 19.4. The molecule has 12 heteroatoms. The minimum absolute atomic E-state index is 0.113. The Hall–Kier alpha value is -4.48. The molecule has 35 heavy (non-hydrogen) atoms. The second-order valence-electron chi connectivity index (χ2n) is 7.67. The molecule has 1 saturated heterocycles. The minimum Gasteiger partial charge on any atom is -0.439 e. The fourth-order valence-corrected chi connectivity index (χ4v) is 3.73. The molecule has 4 aromatic rings. The van der Waals surface area contributed by atoms with Crippen LogP contribution < -0.4 is 14.5 Å². The van der Waals surface area contributed by atoms with Crippen molar-refractivity contribution >= 4 is 29.0 Å². The number of rotatable bonds is 5. The van der Waals surface area contributed by atoms with Crippen LogP contribution in [0.1, 0.15) is 18.1 Å². The van der Waals surface area contributed by atoms with Gasteiger partial charge in [-0.05, 0) is 36.2 Å². The average Bonchev–Trinajstić information content (AvgIpc) is 3.42. The molecule has 0 spiro atoms. The Kier molecular flexibility index (Phi) is 5.35. The largest absolute Gasteiger partial charge is 0.439 e. The van der Waals surface area contributed by atoms with E-state index >= 15 is 0 Å². The first kappa shape index (κ1) is 22.3. The second kappa shape index (κ2) is 8.38. The van der Waals surface area contributed by atoms with Gasteiger partial charge in [0.25, 0.3) is 5.91 Å². The molecule has 0 N–H and O–H groups in total. The average molecular weight is 482 g/mol. The molecule has 5 rings (SSSR count). The van der Waals surface area contributed by atoms with Crippen LogP contribution in [0.2, 0.25) is 0 Å². The molecule has 0 radical (unpaired) electrons. The molecule has 0 atom stereocenters. The number of ether oxygens (including phenoxy) is 1. The van der Waals surface area contributed by atoms with Gasteiger partial charge in [0.2, 0.25) is 5.88 Å².